The average molecular weight is 291 g/mol. The highest BCUT2D eigenvalue weighted by Crippen LogP contribution is 2.28. The Bertz CT molecular complexity index is 473. The molecule has 0 aliphatic heterocycles. The van der Waals surface area contributed by atoms with Gasteiger partial charge in [-0.1, -0.05) is 12.1 Å². The maximum absolute atomic E-state index is 5.71. The normalized spacial score (nSPS) is 11.0. The lowest BCUT2D eigenvalue weighted by Crippen LogP contribution is -2.31. The fourth-order valence-electron chi connectivity index (χ4n) is 1.79. The standard InChI is InChI=1S/C16H25N3O2/c1-4-10-18-16(17)19-11-9-13-7-8-14(20-5-2)15(12-13)21-6-3/h4,7-8,12H,1,5-6,9-11H2,2-3H3,(H3,17,18,19). The van der Waals surface area contributed by atoms with Crippen LogP contribution in [0.5, 0.6) is 11.5 Å². The number of hydrogen-bond acceptors (Lipinski definition) is 3. The van der Waals surface area contributed by atoms with Crippen LogP contribution in [0, 0.1) is 0 Å². The second-order valence-corrected chi connectivity index (χ2v) is 4.33. The monoisotopic (exact) mass is 291 g/mol. The highest BCUT2D eigenvalue weighted by molar-refractivity contribution is 5.77. The lowest BCUT2D eigenvalue weighted by molar-refractivity contribution is 0.287. The van der Waals surface area contributed by atoms with Crippen molar-refractivity contribution in [3.8, 4) is 11.5 Å². The van der Waals surface area contributed by atoms with Crippen molar-refractivity contribution in [2.75, 3.05) is 26.3 Å². The van der Waals surface area contributed by atoms with Gasteiger partial charge in [0, 0.05) is 13.1 Å². The molecule has 0 fully saturated rings. The summed E-state index contributed by atoms with van der Waals surface area (Å²) in [4.78, 5) is 4.25. The second-order valence-electron chi connectivity index (χ2n) is 4.33. The van der Waals surface area contributed by atoms with Crippen LogP contribution >= 0.6 is 0 Å². The molecule has 0 saturated heterocycles. The molecule has 0 radical (unpaired) electrons. The first-order valence-electron chi connectivity index (χ1n) is 7.24. The Balaban J connectivity index is 2.62. The van der Waals surface area contributed by atoms with Crippen LogP contribution in [-0.4, -0.2) is 32.3 Å². The molecule has 1 rings (SSSR count). The van der Waals surface area contributed by atoms with E-state index in [0.29, 0.717) is 32.3 Å². The molecule has 21 heavy (non-hydrogen) atoms. The van der Waals surface area contributed by atoms with E-state index in [-0.39, 0.29) is 0 Å². The number of aliphatic imine (C=N–C) groups is 1. The van der Waals surface area contributed by atoms with E-state index < -0.39 is 0 Å². The number of guanidine groups is 1. The molecule has 116 valence electrons. The Morgan fingerprint density at radius 1 is 1.29 bits per heavy atom. The number of benzene rings is 1. The summed E-state index contributed by atoms with van der Waals surface area (Å²) < 4.78 is 11.1. The summed E-state index contributed by atoms with van der Waals surface area (Å²) in [6.45, 7) is 9.99. The van der Waals surface area contributed by atoms with Crippen LogP contribution in [-0.2, 0) is 6.42 Å². The first kappa shape index (κ1) is 16.9. The van der Waals surface area contributed by atoms with Crippen molar-refractivity contribution in [2.45, 2.75) is 20.3 Å². The van der Waals surface area contributed by atoms with Crippen LogP contribution in [0.15, 0.2) is 35.8 Å². The smallest absolute Gasteiger partial charge is 0.188 e. The lowest BCUT2D eigenvalue weighted by Gasteiger charge is -2.12. The number of nitrogens with two attached hydrogens (primary N) is 1. The molecular formula is C16H25N3O2. The fraction of sp³-hybridized carbons (Fsp3) is 0.438. The number of nitrogens with one attached hydrogen (secondary N) is 1. The molecule has 0 aromatic heterocycles. The molecule has 1 aromatic carbocycles. The van der Waals surface area contributed by atoms with E-state index in [1.165, 1.54) is 0 Å². The molecule has 1 aromatic rings. The molecule has 5 nitrogen and oxygen atoms in total. The number of nitrogens with zero attached hydrogens (tertiary/aromatic N) is 1. The molecule has 3 N–H and O–H groups in total. The quantitative estimate of drug-likeness (QED) is 0.415. The van der Waals surface area contributed by atoms with Gasteiger partial charge in [0.05, 0.1) is 13.2 Å². The Kier molecular flexibility index (Phi) is 7.79. The number of ether oxygens (including phenoxy) is 2. The van der Waals surface area contributed by atoms with Gasteiger partial charge in [0.2, 0.25) is 0 Å². The molecule has 0 saturated carbocycles. The van der Waals surface area contributed by atoms with Crippen molar-refractivity contribution in [3.05, 3.63) is 36.4 Å². The fourth-order valence-corrected chi connectivity index (χ4v) is 1.79. The first-order chi connectivity index (χ1) is 10.2. The summed E-state index contributed by atoms with van der Waals surface area (Å²) in [5, 5.41) is 2.94. The van der Waals surface area contributed by atoms with Crippen molar-refractivity contribution >= 4 is 5.96 Å². The third-order valence-corrected chi connectivity index (χ3v) is 2.72. The first-order valence-corrected chi connectivity index (χ1v) is 7.24. The van der Waals surface area contributed by atoms with Gasteiger partial charge in [0.15, 0.2) is 17.5 Å². The van der Waals surface area contributed by atoms with Crippen molar-refractivity contribution in [1.82, 2.24) is 5.32 Å². The van der Waals surface area contributed by atoms with Gasteiger partial charge in [-0.2, -0.15) is 0 Å². The van der Waals surface area contributed by atoms with Crippen molar-refractivity contribution in [1.29, 1.82) is 0 Å². The number of hydrogen-bond donors (Lipinski definition) is 2. The average Bonchev–Trinajstić information content (AvgIpc) is 2.48. The van der Waals surface area contributed by atoms with Gasteiger partial charge in [-0.3, -0.25) is 4.99 Å². The van der Waals surface area contributed by atoms with Crippen LogP contribution in [0.1, 0.15) is 19.4 Å². The molecule has 0 atom stereocenters. The van der Waals surface area contributed by atoms with Gasteiger partial charge in [-0.05, 0) is 38.0 Å². The Morgan fingerprint density at radius 3 is 2.67 bits per heavy atom. The van der Waals surface area contributed by atoms with E-state index in [2.05, 4.69) is 16.9 Å². The van der Waals surface area contributed by atoms with Crippen LogP contribution in [0.25, 0.3) is 0 Å². The van der Waals surface area contributed by atoms with Crippen LogP contribution in [0.2, 0.25) is 0 Å². The second kappa shape index (κ2) is 9.69. The van der Waals surface area contributed by atoms with Gasteiger partial charge in [0.1, 0.15) is 0 Å². The van der Waals surface area contributed by atoms with Gasteiger partial charge < -0.3 is 20.5 Å². The van der Waals surface area contributed by atoms with E-state index in [0.717, 1.165) is 23.5 Å². The summed E-state index contributed by atoms with van der Waals surface area (Å²) in [6, 6.07) is 5.96. The van der Waals surface area contributed by atoms with Crippen LogP contribution < -0.4 is 20.5 Å². The summed E-state index contributed by atoms with van der Waals surface area (Å²) in [5.74, 6) is 1.99. The van der Waals surface area contributed by atoms with E-state index in [9.17, 15) is 0 Å². The highest BCUT2D eigenvalue weighted by atomic mass is 16.5. The summed E-state index contributed by atoms with van der Waals surface area (Å²) in [7, 11) is 0. The molecular weight excluding hydrogens is 266 g/mol. The molecule has 5 heteroatoms. The predicted octanol–water partition coefficient (Wildman–Crippen LogP) is 2.12. The number of rotatable bonds is 9. The Hall–Kier alpha value is -2.17. The van der Waals surface area contributed by atoms with Crippen molar-refractivity contribution < 1.29 is 9.47 Å². The Morgan fingerprint density at radius 2 is 2.00 bits per heavy atom. The zero-order valence-corrected chi connectivity index (χ0v) is 12.9. The molecule has 0 aliphatic carbocycles. The van der Waals surface area contributed by atoms with E-state index in [4.69, 9.17) is 15.2 Å². The zero-order valence-electron chi connectivity index (χ0n) is 12.9. The maximum Gasteiger partial charge on any atom is 0.188 e. The minimum atomic E-state index is 0.436. The van der Waals surface area contributed by atoms with Crippen LogP contribution in [0.4, 0.5) is 0 Å². The zero-order chi connectivity index (χ0) is 15.5. The maximum atomic E-state index is 5.71. The third-order valence-electron chi connectivity index (χ3n) is 2.72. The summed E-state index contributed by atoms with van der Waals surface area (Å²) >= 11 is 0. The molecule has 0 bridgehead atoms. The molecule has 0 spiro atoms. The predicted molar refractivity (Wildman–Crippen MR) is 87.2 cm³/mol. The Labute approximate surface area is 126 Å². The minimum absolute atomic E-state index is 0.436. The van der Waals surface area contributed by atoms with Gasteiger partial charge >= 0.3 is 0 Å². The highest BCUT2D eigenvalue weighted by Gasteiger charge is 2.05. The summed E-state index contributed by atoms with van der Waals surface area (Å²) in [5.41, 5.74) is 6.85. The topological polar surface area (TPSA) is 68.9 Å². The van der Waals surface area contributed by atoms with Gasteiger partial charge in [-0.25, -0.2) is 0 Å². The van der Waals surface area contributed by atoms with Crippen molar-refractivity contribution in [3.63, 3.8) is 0 Å². The lowest BCUT2D eigenvalue weighted by atomic mass is 10.1. The minimum Gasteiger partial charge on any atom is -0.490 e. The molecule has 0 aliphatic rings. The SMILES string of the molecule is C=CCNC(N)=NCCc1ccc(OCC)c(OCC)c1. The van der Waals surface area contributed by atoms with E-state index >= 15 is 0 Å². The third kappa shape index (κ3) is 6.21. The van der Waals surface area contributed by atoms with Crippen molar-refractivity contribution in [2.24, 2.45) is 10.7 Å². The van der Waals surface area contributed by atoms with Gasteiger partial charge in [-0.15, -0.1) is 6.58 Å². The molecule has 0 amide bonds. The molecule has 0 heterocycles. The molecule has 0 unspecified atom stereocenters. The summed E-state index contributed by atoms with van der Waals surface area (Å²) in [6.07, 6.45) is 2.53. The largest absolute Gasteiger partial charge is 0.490 e. The van der Waals surface area contributed by atoms with E-state index in [1.54, 1.807) is 6.08 Å². The van der Waals surface area contributed by atoms with E-state index in [1.807, 2.05) is 32.0 Å². The van der Waals surface area contributed by atoms with Gasteiger partial charge in [0.25, 0.3) is 0 Å². The van der Waals surface area contributed by atoms with Crippen LogP contribution in [0.3, 0.4) is 0 Å².